The average Bonchev–Trinajstić information content (AvgIpc) is 2.18. The van der Waals surface area contributed by atoms with Crippen LogP contribution in [0.2, 0.25) is 0 Å². The molecule has 14 heavy (non-hydrogen) atoms. The highest BCUT2D eigenvalue weighted by atomic mass is 32.1. The molecule has 1 aliphatic rings. The van der Waals surface area contributed by atoms with Crippen molar-refractivity contribution in [2.24, 2.45) is 0 Å². The van der Waals surface area contributed by atoms with Crippen molar-refractivity contribution < 1.29 is 0 Å². The lowest BCUT2D eigenvalue weighted by molar-refractivity contribution is 0.638. The van der Waals surface area contributed by atoms with Gasteiger partial charge in [-0.15, -0.1) is 25.0 Å². The molecule has 72 valence electrons. The standard InChI is InChI=1S/C12H13NS/c1-2-3-9-6-11(14)7-10-4-5-13-8-12(9)10/h1,6-7,13-14H,3-5,8H2. The zero-order valence-corrected chi connectivity index (χ0v) is 8.90. The number of hydrogen-bond acceptors (Lipinski definition) is 2. The van der Waals surface area contributed by atoms with Crippen LogP contribution in [0, 0.1) is 12.3 Å². The van der Waals surface area contributed by atoms with E-state index < -0.39 is 0 Å². The van der Waals surface area contributed by atoms with Crippen LogP contribution < -0.4 is 5.32 Å². The molecule has 1 N–H and O–H groups in total. The second kappa shape index (κ2) is 4.08. The molecule has 0 spiro atoms. The Morgan fingerprint density at radius 1 is 1.50 bits per heavy atom. The zero-order chi connectivity index (χ0) is 9.97. The Bertz CT molecular complexity index is 390. The van der Waals surface area contributed by atoms with Gasteiger partial charge in [-0.1, -0.05) is 0 Å². The van der Waals surface area contributed by atoms with E-state index in [0.717, 1.165) is 24.4 Å². The van der Waals surface area contributed by atoms with Crippen molar-refractivity contribution in [3.05, 3.63) is 28.8 Å². The third-order valence-corrected chi connectivity index (χ3v) is 2.84. The molecule has 2 rings (SSSR count). The van der Waals surface area contributed by atoms with Crippen LogP contribution in [0.4, 0.5) is 0 Å². The highest BCUT2D eigenvalue weighted by Gasteiger charge is 2.12. The molecule has 0 atom stereocenters. The summed E-state index contributed by atoms with van der Waals surface area (Å²) in [5.74, 6) is 2.70. The van der Waals surface area contributed by atoms with Crippen molar-refractivity contribution >= 4 is 12.6 Å². The fourth-order valence-corrected chi connectivity index (χ4v) is 2.25. The molecule has 0 unspecified atom stereocenters. The van der Waals surface area contributed by atoms with Gasteiger partial charge >= 0.3 is 0 Å². The normalized spacial score (nSPS) is 14.6. The third-order valence-electron chi connectivity index (χ3n) is 2.58. The summed E-state index contributed by atoms with van der Waals surface area (Å²) in [6, 6.07) is 4.23. The van der Waals surface area contributed by atoms with E-state index in [9.17, 15) is 0 Å². The van der Waals surface area contributed by atoms with Crippen LogP contribution in [-0.4, -0.2) is 6.54 Å². The Morgan fingerprint density at radius 3 is 3.14 bits per heavy atom. The monoisotopic (exact) mass is 203 g/mol. The third kappa shape index (κ3) is 1.79. The largest absolute Gasteiger partial charge is 0.312 e. The van der Waals surface area contributed by atoms with Gasteiger partial charge in [-0.2, -0.15) is 0 Å². The first-order chi connectivity index (χ1) is 6.81. The lowest BCUT2D eigenvalue weighted by Gasteiger charge is -2.20. The van der Waals surface area contributed by atoms with E-state index in [-0.39, 0.29) is 0 Å². The van der Waals surface area contributed by atoms with Crippen molar-refractivity contribution in [3.63, 3.8) is 0 Å². The van der Waals surface area contributed by atoms with Crippen molar-refractivity contribution in [2.45, 2.75) is 24.3 Å². The number of rotatable bonds is 1. The molecule has 2 heteroatoms. The minimum atomic E-state index is 0.707. The molecular formula is C12H13NS. The fraction of sp³-hybridized carbons (Fsp3) is 0.333. The van der Waals surface area contributed by atoms with Gasteiger partial charge in [0, 0.05) is 17.9 Å². The van der Waals surface area contributed by atoms with Crippen LogP contribution in [0.5, 0.6) is 0 Å². The first-order valence-corrected chi connectivity index (χ1v) is 5.24. The summed E-state index contributed by atoms with van der Waals surface area (Å²) in [5, 5.41) is 3.37. The Balaban J connectivity index is 2.48. The van der Waals surface area contributed by atoms with Gasteiger partial charge in [0.15, 0.2) is 0 Å². The molecule has 0 aliphatic carbocycles. The Labute approximate surface area is 90.3 Å². The summed E-state index contributed by atoms with van der Waals surface area (Å²) in [7, 11) is 0. The van der Waals surface area contributed by atoms with Gasteiger partial charge in [0.2, 0.25) is 0 Å². The number of hydrogen-bond donors (Lipinski definition) is 2. The van der Waals surface area contributed by atoms with Gasteiger partial charge in [-0.25, -0.2) is 0 Å². The topological polar surface area (TPSA) is 12.0 Å². The van der Waals surface area contributed by atoms with E-state index in [2.05, 4.69) is 36.0 Å². The minimum Gasteiger partial charge on any atom is -0.312 e. The molecule has 0 fully saturated rings. The molecule has 0 saturated carbocycles. The second-order valence-corrected chi connectivity index (χ2v) is 4.07. The summed E-state index contributed by atoms with van der Waals surface area (Å²) in [4.78, 5) is 1.02. The summed E-state index contributed by atoms with van der Waals surface area (Å²) in [6.07, 6.45) is 7.14. The highest BCUT2D eigenvalue weighted by molar-refractivity contribution is 7.80. The SMILES string of the molecule is C#CCc1cc(S)cc2c1CNCC2. The Kier molecular flexibility index (Phi) is 2.81. The maximum Gasteiger partial charge on any atom is 0.0341 e. The van der Waals surface area contributed by atoms with Crippen LogP contribution in [0.25, 0.3) is 0 Å². The Morgan fingerprint density at radius 2 is 2.36 bits per heavy atom. The summed E-state index contributed by atoms with van der Waals surface area (Å²) >= 11 is 4.39. The van der Waals surface area contributed by atoms with Gasteiger partial charge in [0.05, 0.1) is 0 Å². The maximum absolute atomic E-state index is 5.35. The predicted molar refractivity (Wildman–Crippen MR) is 61.6 cm³/mol. The molecule has 1 aliphatic heterocycles. The lowest BCUT2D eigenvalue weighted by atomic mass is 9.94. The fourth-order valence-electron chi connectivity index (χ4n) is 1.93. The summed E-state index contributed by atoms with van der Waals surface area (Å²) in [6.45, 7) is 2.00. The van der Waals surface area contributed by atoms with Crippen molar-refractivity contribution in [3.8, 4) is 12.3 Å². The molecule has 0 saturated heterocycles. The van der Waals surface area contributed by atoms with Gasteiger partial charge in [-0.3, -0.25) is 0 Å². The first-order valence-electron chi connectivity index (χ1n) is 4.79. The van der Waals surface area contributed by atoms with E-state index in [1.165, 1.54) is 16.7 Å². The van der Waals surface area contributed by atoms with E-state index >= 15 is 0 Å². The average molecular weight is 203 g/mol. The molecule has 1 nitrogen and oxygen atoms in total. The van der Waals surface area contributed by atoms with Gasteiger partial charge in [0.1, 0.15) is 0 Å². The van der Waals surface area contributed by atoms with Gasteiger partial charge in [-0.05, 0) is 41.8 Å². The van der Waals surface area contributed by atoms with Gasteiger partial charge < -0.3 is 5.32 Å². The van der Waals surface area contributed by atoms with Crippen LogP contribution in [0.3, 0.4) is 0 Å². The van der Waals surface area contributed by atoms with Crippen molar-refractivity contribution in [1.29, 1.82) is 0 Å². The summed E-state index contributed by atoms with van der Waals surface area (Å²) < 4.78 is 0. The molecular weight excluding hydrogens is 190 g/mol. The number of terminal acetylenes is 1. The second-order valence-electron chi connectivity index (χ2n) is 3.55. The van der Waals surface area contributed by atoms with Crippen LogP contribution in [0.1, 0.15) is 16.7 Å². The van der Waals surface area contributed by atoms with Crippen molar-refractivity contribution in [1.82, 2.24) is 5.32 Å². The molecule has 1 heterocycles. The molecule has 0 radical (unpaired) electrons. The quantitative estimate of drug-likeness (QED) is 0.524. The smallest absolute Gasteiger partial charge is 0.0341 e. The molecule has 0 bridgehead atoms. The van der Waals surface area contributed by atoms with Crippen LogP contribution >= 0.6 is 12.6 Å². The number of fused-ring (bicyclic) bond motifs is 1. The highest BCUT2D eigenvalue weighted by Crippen LogP contribution is 2.23. The predicted octanol–water partition coefficient (Wildman–Crippen LogP) is 1.80. The molecule has 0 amide bonds. The van der Waals surface area contributed by atoms with Gasteiger partial charge in [0.25, 0.3) is 0 Å². The first kappa shape index (κ1) is 9.64. The lowest BCUT2D eigenvalue weighted by Crippen LogP contribution is -2.24. The summed E-state index contributed by atoms with van der Waals surface area (Å²) in [5.41, 5.74) is 4.04. The van der Waals surface area contributed by atoms with E-state index in [4.69, 9.17) is 6.42 Å². The van der Waals surface area contributed by atoms with E-state index in [0.29, 0.717) is 6.42 Å². The Hall–Kier alpha value is -0.910. The minimum absolute atomic E-state index is 0.707. The van der Waals surface area contributed by atoms with E-state index in [1.807, 2.05) is 0 Å². The number of nitrogens with one attached hydrogen (secondary N) is 1. The van der Waals surface area contributed by atoms with E-state index in [1.54, 1.807) is 0 Å². The number of benzene rings is 1. The molecule has 0 aromatic heterocycles. The van der Waals surface area contributed by atoms with Crippen LogP contribution in [-0.2, 0) is 19.4 Å². The zero-order valence-electron chi connectivity index (χ0n) is 8.01. The van der Waals surface area contributed by atoms with Crippen LogP contribution in [0.15, 0.2) is 17.0 Å². The maximum atomic E-state index is 5.35. The molecule has 1 aromatic rings. The number of thiol groups is 1. The molecule has 1 aromatic carbocycles. The van der Waals surface area contributed by atoms with Crippen molar-refractivity contribution in [2.75, 3.05) is 6.54 Å².